The summed E-state index contributed by atoms with van der Waals surface area (Å²) in [5, 5.41) is 21.0. The van der Waals surface area contributed by atoms with E-state index in [4.69, 9.17) is 4.74 Å². The summed E-state index contributed by atoms with van der Waals surface area (Å²) in [5.41, 5.74) is 0.237. The Morgan fingerprint density at radius 1 is 1.15 bits per heavy atom. The highest BCUT2D eigenvalue weighted by atomic mass is 16.5. The van der Waals surface area contributed by atoms with Gasteiger partial charge < -0.3 is 10.1 Å². The Bertz CT molecular complexity index is 1140. The first kappa shape index (κ1) is 16.4. The van der Waals surface area contributed by atoms with Gasteiger partial charge in [-0.15, -0.1) is 0 Å². The van der Waals surface area contributed by atoms with Gasteiger partial charge >= 0.3 is 6.01 Å². The molecule has 10 heteroatoms. The number of benzene rings is 2. The van der Waals surface area contributed by atoms with Crippen LogP contribution in [0.4, 0.5) is 5.69 Å². The van der Waals surface area contributed by atoms with Gasteiger partial charge in [-0.2, -0.15) is 10.3 Å². The van der Waals surface area contributed by atoms with E-state index in [1.165, 1.54) is 0 Å². The number of hydrogen-bond acceptors (Lipinski definition) is 7. The number of aromatic nitrogens is 6. The first-order valence-corrected chi connectivity index (χ1v) is 7.95. The van der Waals surface area contributed by atoms with Crippen LogP contribution in [0.3, 0.4) is 0 Å². The second kappa shape index (κ2) is 7.04. The smallest absolute Gasteiger partial charge is 0.361 e. The molecule has 0 atom stereocenters. The lowest BCUT2D eigenvalue weighted by atomic mass is 10.2. The van der Waals surface area contributed by atoms with Crippen molar-refractivity contribution in [3.8, 4) is 11.8 Å². The van der Waals surface area contributed by atoms with E-state index in [1.54, 1.807) is 48.7 Å². The van der Waals surface area contributed by atoms with Crippen LogP contribution in [0.25, 0.3) is 10.8 Å². The SMILES string of the molecule is O=C(Cn1ncc2ccccc2c1=O)Nc1ccc(Oc2nn[nH]n2)cc1. The molecule has 2 heterocycles. The third-order valence-corrected chi connectivity index (χ3v) is 3.73. The second-order valence-corrected chi connectivity index (χ2v) is 5.56. The van der Waals surface area contributed by atoms with Gasteiger partial charge in [0.15, 0.2) is 0 Å². The van der Waals surface area contributed by atoms with Crippen molar-refractivity contribution in [1.29, 1.82) is 0 Å². The fraction of sp³-hybridized carbons (Fsp3) is 0.0588. The molecule has 10 nitrogen and oxygen atoms in total. The van der Waals surface area contributed by atoms with Crippen molar-refractivity contribution in [3.63, 3.8) is 0 Å². The molecule has 2 aromatic heterocycles. The van der Waals surface area contributed by atoms with Crippen LogP contribution in [0.2, 0.25) is 0 Å². The molecule has 134 valence electrons. The van der Waals surface area contributed by atoms with Crippen molar-refractivity contribution in [2.24, 2.45) is 0 Å². The van der Waals surface area contributed by atoms with Crippen LogP contribution in [-0.4, -0.2) is 36.3 Å². The number of amides is 1. The van der Waals surface area contributed by atoms with Crippen molar-refractivity contribution in [1.82, 2.24) is 30.4 Å². The lowest BCUT2D eigenvalue weighted by molar-refractivity contribution is -0.117. The fourth-order valence-electron chi connectivity index (χ4n) is 2.48. The monoisotopic (exact) mass is 363 g/mol. The standard InChI is InChI=1S/C17H13N7O3/c25-15(10-24-16(26)14-4-2-1-3-11(14)9-18-24)19-12-5-7-13(8-6-12)27-17-20-22-23-21-17/h1-9H,10H2,(H,19,25)(H,20,21,22,23). The molecular formula is C17H13N7O3. The van der Waals surface area contributed by atoms with Crippen molar-refractivity contribution in [3.05, 3.63) is 65.1 Å². The molecule has 0 radical (unpaired) electrons. The lowest BCUT2D eigenvalue weighted by Crippen LogP contribution is -2.29. The van der Waals surface area contributed by atoms with Gasteiger partial charge in [0.2, 0.25) is 5.91 Å². The zero-order valence-electron chi connectivity index (χ0n) is 13.9. The summed E-state index contributed by atoms with van der Waals surface area (Å²) in [5.74, 6) is 0.119. The van der Waals surface area contributed by atoms with E-state index >= 15 is 0 Å². The number of rotatable bonds is 5. The van der Waals surface area contributed by atoms with Gasteiger partial charge in [0, 0.05) is 11.1 Å². The highest BCUT2D eigenvalue weighted by Gasteiger charge is 2.09. The minimum absolute atomic E-state index is 0.0912. The summed E-state index contributed by atoms with van der Waals surface area (Å²) < 4.78 is 6.48. The number of fused-ring (bicyclic) bond motifs is 1. The summed E-state index contributed by atoms with van der Waals surface area (Å²) in [4.78, 5) is 24.6. The summed E-state index contributed by atoms with van der Waals surface area (Å²) >= 11 is 0. The summed E-state index contributed by atoms with van der Waals surface area (Å²) in [6.07, 6.45) is 1.56. The molecule has 0 unspecified atom stereocenters. The number of nitrogens with one attached hydrogen (secondary N) is 2. The van der Waals surface area contributed by atoms with Gasteiger partial charge in [-0.25, -0.2) is 4.68 Å². The van der Waals surface area contributed by atoms with Gasteiger partial charge in [0.05, 0.1) is 11.6 Å². The molecule has 4 rings (SSSR count). The van der Waals surface area contributed by atoms with Crippen LogP contribution in [0.5, 0.6) is 11.8 Å². The average molecular weight is 363 g/mol. The van der Waals surface area contributed by atoms with Crippen molar-refractivity contribution in [2.75, 3.05) is 5.32 Å². The molecule has 27 heavy (non-hydrogen) atoms. The Balaban J connectivity index is 1.43. The zero-order valence-corrected chi connectivity index (χ0v) is 13.9. The van der Waals surface area contributed by atoms with Gasteiger partial charge in [0.25, 0.3) is 5.56 Å². The maximum Gasteiger partial charge on any atom is 0.361 e. The molecule has 0 aliphatic carbocycles. The van der Waals surface area contributed by atoms with E-state index in [-0.39, 0.29) is 24.0 Å². The van der Waals surface area contributed by atoms with E-state index in [0.717, 1.165) is 10.1 Å². The number of ether oxygens (including phenoxy) is 1. The van der Waals surface area contributed by atoms with Crippen LogP contribution in [0.15, 0.2) is 59.5 Å². The van der Waals surface area contributed by atoms with E-state index in [1.807, 2.05) is 6.07 Å². The predicted molar refractivity (Wildman–Crippen MR) is 95.3 cm³/mol. The maximum absolute atomic E-state index is 12.4. The molecule has 0 spiro atoms. The number of nitrogens with zero attached hydrogens (tertiary/aromatic N) is 5. The van der Waals surface area contributed by atoms with Crippen molar-refractivity contribution in [2.45, 2.75) is 6.54 Å². The van der Waals surface area contributed by atoms with Crippen LogP contribution in [0, 0.1) is 0 Å². The first-order valence-electron chi connectivity index (χ1n) is 7.95. The molecule has 0 bridgehead atoms. The number of hydrogen-bond donors (Lipinski definition) is 2. The maximum atomic E-state index is 12.4. The molecular weight excluding hydrogens is 350 g/mol. The largest absolute Gasteiger partial charge is 0.422 e. The van der Waals surface area contributed by atoms with Gasteiger partial charge in [-0.05, 0) is 35.5 Å². The molecule has 0 saturated heterocycles. The minimum Gasteiger partial charge on any atom is -0.422 e. The Labute approximate surface area is 151 Å². The molecule has 4 aromatic rings. The Morgan fingerprint density at radius 2 is 1.96 bits per heavy atom. The predicted octanol–water partition coefficient (Wildman–Crippen LogP) is 1.34. The highest BCUT2D eigenvalue weighted by Crippen LogP contribution is 2.19. The average Bonchev–Trinajstić information content (AvgIpc) is 3.19. The molecule has 2 N–H and O–H groups in total. The number of tetrazole rings is 1. The van der Waals surface area contributed by atoms with E-state index in [0.29, 0.717) is 16.8 Å². The summed E-state index contributed by atoms with van der Waals surface area (Å²) in [7, 11) is 0. The topological polar surface area (TPSA) is 128 Å². The van der Waals surface area contributed by atoms with Crippen molar-refractivity contribution >= 4 is 22.4 Å². The number of carbonyl (C=O) groups excluding carboxylic acids is 1. The minimum atomic E-state index is -0.369. The molecule has 0 aliphatic heterocycles. The van der Waals surface area contributed by atoms with Gasteiger partial charge in [0.1, 0.15) is 12.3 Å². The number of H-pyrrole nitrogens is 1. The Hall–Kier alpha value is -4.08. The third-order valence-electron chi connectivity index (χ3n) is 3.73. The van der Waals surface area contributed by atoms with Gasteiger partial charge in [-0.3, -0.25) is 9.59 Å². The second-order valence-electron chi connectivity index (χ2n) is 5.56. The van der Waals surface area contributed by atoms with E-state index < -0.39 is 0 Å². The van der Waals surface area contributed by atoms with Crippen LogP contribution in [-0.2, 0) is 11.3 Å². The highest BCUT2D eigenvalue weighted by molar-refractivity contribution is 5.90. The molecule has 1 amide bonds. The van der Waals surface area contributed by atoms with Crippen LogP contribution >= 0.6 is 0 Å². The zero-order chi connectivity index (χ0) is 18.6. The van der Waals surface area contributed by atoms with Gasteiger partial charge in [-0.1, -0.05) is 28.4 Å². The number of aromatic amines is 1. The Morgan fingerprint density at radius 3 is 2.74 bits per heavy atom. The summed E-state index contributed by atoms with van der Waals surface area (Å²) in [6, 6.07) is 13.8. The number of anilines is 1. The molecule has 0 aliphatic rings. The van der Waals surface area contributed by atoms with Crippen LogP contribution < -0.4 is 15.6 Å². The first-order chi connectivity index (χ1) is 13.2. The lowest BCUT2D eigenvalue weighted by Gasteiger charge is -2.08. The molecule has 0 saturated carbocycles. The molecule has 0 fully saturated rings. The summed E-state index contributed by atoms with van der Waals surface area (Å²) in [6.45, 7) is -0.190. The Kier molecular flexibility index (Phi) is 4.27. The molecule has 2 aromatic carbocycles. The normalized spacial score (nSPS) is 10.7. The van der Waals surface area contributed by atoms with E-state index in [9.17, 15) is 9.59 Å². The third kappa shape index (κ3) is 3.63. The quantitative estimate of drug-likeness (QED) is 0.547. The number of carbonyl (C=O) groups is 1. The van der Waals surface area contributed by atoms with Crippen molar-refractivity contribution < 1.29 is 9.53 Å². The van der Waals surface area contributed by atoms with Crippen LogP contribution in [0.1, 0.15) is 0 Å². The fourth-order valence-corrected chi connectivity index (χ4v) is 2.48. The van der Waals surface area contributed by atoms with E-state index in [2.05, 4.69) is 31.0 Å².